The van der Waals surface area contributed by atoms with Gasteiger partial charge in [0.25, 0.3) is 0 Å². The normalized spacial score (nSPS) is 21.7. The Morgan fingerprint density at radius 1 is 1.04 bits per heavy atom. The van der Waals surface area contributed by atoms with Gasteiger partial charge >= 0.3 is 0 Å². The molecule has 0 spiro atoms. The molecule has 0 saturated carbocycles. The number of ether oxygens (including phenoxy) is 2. The van der Waals surface area contributed by atoms with E-state index in [0.717, 1.165) is 58.3 Å². The Morgan fingerprint density at radius 2 is 1.77 bits per heavy atom. The third-order valence-electron chi connectivity index (χ3n) is 5.33. The predicted molar refractivity (Wildman–Crippen MR) is 111 cm³/mol. The molecule has 0 aliphatic carbocycles. The number of morpholine rings is 1. The molecule has 1 aliphatic rings. The van der Waals surface area contributed by atoms with Crippen LogP contribution in [0.1, 0.15) is 47.0 Å². The summed E-state index contributed by atoms with van der Waals surface area (Å²) >= 11 is 0. The quantitative estimate of drug-likeness (QED) is 0.496. The van der Waals surface area contributed by atoms with Crippen molar-refractivity contribution in [3.8, 4) is 0 Å². The summed E-state index contributed by atoms with van der Waals surface area (Å²) in [5.74, 6) is 0.767. The highest BCUT2D eigenvalue weighted by atomic mass is 16.5. The number of rotatable bonds is 13. The van der Waals surface area contributed by atoms with Crippen molar-refractivity contribution in [2.75, 3.05) is 67.1 Å². The molecular formula is C21H45N3O2. The maximum atomic E-state index is 6.02. The first-order valence-electron chi connectivity index (χ1n) is 10.6. The fraction of sp³-hybridized carbons (Fsp3) is 1.00. The number of likely N-dealkylation sites (N-methyl/N-ethyl adjacent to an activating group) is 2. The van der Waals surface area contributed by atoms with Crippen LogP contribution in [0.15, 0.2) is 0 Å². The smallest absolute Gasteiger partial charge is 0.0829 e. The molecule has 1 fully saturated rings. The molecule has 0 radical (unpaired) electrons. The van der Waals surface area contributed by atoms with Crippen molar-refractivity contribution in [2.45, 2.75) is 65.2 Å². The molecule has 0 amide bonds. The van der Waals surface area contributed by atoms with Gasteiger partial charge in [0, 0.05) is 32.2 Å². The molecule has 5 heteroatoms. The minimum absolute atomic E-state index is 0.344. The lowest BCUT2D eigenvalue weighted by molar-refractivity contribution is -0.0545. The van der Waals surface area contributed by atoms with Crippen molar-refractivity contribution in [3.05, 3.63) is 0 Å². The first-order valence-corrected chi connectivity index (χ1v) is 10.6. The van der Waals surface area contributed by atoms with Gasteiger partial charge in [-0.2, -0.15) is 0 Å². The fourth-order valence-electron chi connectivity index (χ4n) is 3.35. The van der Waals surface area contributed by atoms with Crippen molar-refractivity contribution < 1.29 is 9.47 Å². The van der Waals surface area contributed by atoms with Crippen LogP contribution in [0.3, 0.4) is 0 Å². The topological polar surface area (TPSA) is 28.2 Å². The van der Waals surface area contributed by atoms with Crippen LogP contribution in [-0.4, -0.2) is 100 Å². The summed E-state index contributed by atoms with van der Waals surface area (Å²) in [4.78, 5) is 7.21. The zero-order valence-corrected chi connectivity index (χ0v) is 18.5. The van der Waals surface area contributed by atoms with E-state index in [1.807, 2.05) is 0 Å². The van der Waals surface area contributed by atoms with E-state index in [1.54, 1.807) is 0 Å². The highest BCUT2D eigenvalue weighted by Gasteiger charge is 2.25. The Hall–Kier alpha value is -0.200. The van der Waals surface area contributed by atoms with Crippen LogP contribution in [-0.2, 0) is 9.47 Å². The fourth-order valence-corrected chi connectivity index (χ4v) is 3.35. The molecule has 1 saturated heterocycles. The molecule has 26 heavy (non-hydrogen) atoms. The molecule has 0 aromatic carbocycles. The van der Waals surface area contributed by atoms with Crippen molar-refractivity contribution in [1.82, 2.24) is 14.7 Å². The molecular weight excluding hydrogens is 326 g/mol. The van der Waals surface area contributed by atoms with Crippen LogP contribution < -0.4 is 0 Å². The van der Waals surface area contributed by atoms with Gasteiger partial charge in [-0.05, 0) is 66.7 Å². The molecule has 3 atom stereocenters. The second-order valence-electron chi connectivity index (χ2n) is 8.84. The monoisotopic (exact) mass is 371 g/mol. The largest absolute Gasteiger partial charge is 0.377 e. The van der Waals surface area contributed by atoms with Crippen molar-refractivity contribution in [1.29, 1.82) is 0 Å². The second-order valence-corrected chi connectivity index (χ2v) is 8.84. The standard InChI is InChI=1S/C21H45N3O2/c1-18(2)10-11-23(7)16-21-17-24(13-15-26-21)19(3)8-9-20(4)25-14-12-22(5)6/h18-21H,8-17H2,1-7H3. The van der Waals surface area contributed by atoms with E-state index in [-0.39, 0.29) is 0 Å². The second kappa shape index (κ2) is 13.1. The summed E-state index contributed by atoms with van der Waals surface area (Å²) in [6, 6.07) is 0.599. The molecule has 1 rings (SSSR count). The average Bonchev–Trinajstić information content (AvgIpc) is 2.57. The van der Waals surface area contributed by atoms with E-state index in [1.165, 1.54) is 12.8 Å². The summed E-state index contributed by atoms with van der Waals surface area (Å²) < 4.78 is 11.9. The van der Waals surface area contributed by atoms with Crippen LogP contribution in [0.25, 0.3) is 0 Å². The number of nitrogens with zero attached hydrogens (tertiary/aromatic N) is 3. The highest BCUT2D eigenvalue weighted by molar-refractivity contribution is 4.78. The summed E-state index contributed by atoms with van der Waals surface area (Å²) in [5, 5.41) is 0. The van der Waals surface area contributed by atoms with E-state index in [2.05, 4.69) is 63.5 Å². The van der Waals surface area contributed by atoms with Gasteiger partial charge in [-0.1, -0.05) is 13.8 Å². The van der Waals surface area contributed by atoms with E-state index in [0.29, 0.717) is 18.2 Å². The Balaban J connectivity index is 2.25. The van der Waals surface area contributed by atoms with E-state index in [4.69, 9.17) is 9.47 Å². The van der Waals surface area contributed by atoms with Crippen molar-refractivity contribution >= 4 is 0 Å². The zero-order valence-electron chi connectivity index (χ0n) is 18.5. The molecule has 5 nitrogen and oxygen atoms in total. The SMILES string of the molecule is CC(C)CCN(C)CC1CN(C(C)CCC(C)OCCN(C)C)CCO1. The van der Waals surface area contributed by atoms with Gasteiger partial charge in [0.1, 0.15) is 0 Å². The Kier molecular flexibility index (Phi) is 12.0. The molecule has 1 heterocycles. The van der Waals surface area contributed by atoms with E-state index >= 15 is 0 Å². The number of hydrogen-bond acceptors (Lipinski definition) is 5. The van der Waals surface area contributed by atoms with Crippen LogP contribution in [0.4, 0.5) is 0 Å². The van der Waals surface area contributed by atoms with Gasteiger partial charge in [0.2, 0.25) is 0 Å². The molecule has 0 bridgehead atoms. The lowest BCUT2D eigenvalue weighted by Gasteiger charge is -2.38. The molecule has 1 aliphatic heterocycles. The summed E-state index contributed by atoms with van der Waals surface area (Å²) in [6.07, 6.45) is 4.27. The number of hydrogen-bond donors (Lipinski definition) is 0. The highest BCUT2D eigenvalue weighted by Crippen LogP contribution is 2.15. The minimum Gasteiger partial charge on any atom is -0.377 e. The van der Waals surface area contributed by atoms with Gasteiger partial charge in [0.15, 0.2) is 0 Å². The van der Waals surface area contributed by atoms with Crippen molar-refractivity contribution in [2.24, 2.45) is 5.92 Å². The Morgan fingerprint density at radius 3 is 2.42 bits per heavy atom. The lowest BCUT2D eigenvalue weighted by Crippen LogP contribution is -2.50. The maximum absolute atomic E-state index is 6.02. The lowest BCUT2D eigenvalue weighted by atomic mass is 10.1. The minimum atomic E-state index is 0.344. The van der Waals surface area contributed by atoms with Crippen LogP contribution in [0.2, 0.25) is 0 Å². The molecule has 156 valence electrons. The van der Waals surface area contributed by atoms with Crippen LogP contribution in [0, 0.1) is 5.92 Å². The van der Waals surface area contributed by atoms with Gasteiger partial charge in [-0.25, -0.2) is 0 Å². The third kappa shape index (κ3) is 10.8. The Bertz CT molecular complexity index is 352. The molecule has 3 unspecified atom stereocenters. The third-order valence-corrected chi connectivity index (χ3v) is 5.33. The van der Waals surface area contributed by atoms with Gasteiger partial charge in [0.05, 0.1) is 25.4 Å². The molecule has 0 aromatic rings. The van der Waals surface area contributed by atoms with E-state index in [9.17, 15) is 0 Å². The summed E-state index contributed by atoms with van der Waals surface area (Å²) in [5.41, 5.74) is 0. The first-order chi connectivity index (χ1) is 12.3. The van der Waals surface area contributed by atoms with Gasteiger partial charge in [-0.3, -0.25) is 4.90 Å². The van der Waals surface area contributed by atoms with Crippen molar-refractivity contribution in [3.63, 3.8) is 0 Å². The summed E-state index contributed by atoms with van der Waals surface area (Å²) in [7, 11) is 6.40. The summed E-state index contributed by atoms with van der Waals surface area (Å²) in [6.45, 7) is 16.1. The first kappa shape index (κ1) is 23.8. The van der Waals surface area contributed by atoms with Gasteiger partial charge in [-0.15, -0.1) is 0 Å². The van der Waals surface area contributed by atoms with Crippen LogP contribution in [0.5, 0.6) is 0 Å². The predicted octanol–water partition coefficient (Wildman–Crippen LogP) is 2.80. The maximum Gasteiger partial charge on any atom is 0.0829 e. The van der Waals surface area contributed by atoms with E-state index < -0.39 is 0 Å². The molecule has 0 N–H and O–H groups in total. The molecule has 0 aromatic heterocycles. The van der Waals surface area contributed by atoms with Crippen LogP contribution >= 0.6 is 0 Å². The zero-order chi connectivity index (χ0) is 19.5. The average molecular weight is 372 g/mol. The Labute approximate surface area is 163 Å². The van der Waals surface area contributed by atoms with Gasteiger partial charge < -0.3 is 19.3 Å².